The Labute approximate surface area is 142 Å². The van der Waals surface area contributed by atoms with Gasteiger partial charge in [-0.15, -0.1) is 0 Å². The summed E-state index contributed by atoms with van der Waals surface area (Å²) in [7, 11) is 4.81. The van der Waals surface area contributed by atoms with E-state index in [1.165, 1.54) is 0 Å². The summed E-state index contributed by atoms with van der Waals surface area (Å²) in [6.45, 7) is 0.893. The minimum absolute atomic E-state index is 0.500. The molecule has 0 atom stereocenters. The molecular formula is C19H24FNO3. The first-order chi connectivity index (χ1) is 11.7. The average Bonchev–Trinajstić information content (AvgIpc) is 2.64. The van der Waals surface area contributed by atoms with Gasteiger partial charge < -0.3 is 19.5 Å². The number of benzene rings is 2. The summed E-state index contributed by atoms with van der Waals surface area (Å²) in [5.41, 5.74) is 2.59. The number of methoxy groups -OCH3 is 3. The summed E-state index contributed by atoms with van der Waals surface area (Å²) in [6, 6.07) is 11.5. The number of para-hydroxylation sites is 1. The monoisotopic (exact) mass is 333 g/mol. The second-order valence-electron chi connectivity index (χ2n) is 5.35. The zero-order valence-electron chi connectivity index (χ0n) is 14.4. The summed E-state index contributed by atoms with van der Waals surface area (Å²) in [6.07, 6.45) is 0.751. The Kier molecular flexibility index (Phi) is 6.88. The molecule has 0 bridgehead atoms. The van der Waals surface area contributed by atoms with Crippen LogP contribution >= 0.6 is 0 Å². The van der Waals surface area contributed by atoms with Crippen molar-refractivity contribution in [3.8, 4) is 17.2 Å². The molecule has 0 fully saturated rings. The lowest BCUT2D eigenvalue weighted by Crippen LogP contribution is -2.17. The molecule has 0 aromatic heterocycles. The molecule has 2 aromatic rings. The third kappa shape index (κ3) is 4.38. The van der Waals surface area contributed by atoms with Crippen LogP contribution in [0, 0.1) is 0 Å². The first kappa shape index (κ1) is 18.1. The summed E-state index contributed by atoms with van der Waals surface area (Å²) >= 11 is 0. The van der Waals surface area contributed by atoms with Crippen LogP contribution in [-0.4, -0.2) is 27.9 Å². The Hall–Kier alpha value is -2.27. The van der Waals surface area contributed by atoms with Crippen LogP contribution in [0.25, 0.3) is 0 Å². The van der Waals surface area contributed by atoms with E-state index in [2.05, 4.69) is 5.32 Å². The van der Waals surface area contributed by atoms with Crippen molar-refractivity contribution < 1.29 is 18.6 Å². The molecule has 4 nitrogen and oxygen atoms in total. The molecule has 2 rings (SSSR count). The van der Waals surface area contributed by atoms with Crippen LogP contribution in [0.15, 0.2) is 36.4 Å². The molecule has 0 aliphatic heterocycles. The van der Waals surface area contributed by atoms with Crippen molar-refractivity contribution in [2.24, 2.45) is 0 Å². The minimum atomic E-state index is -0.578. The van der Waals surface area contributed by atoms with Gasteiger partial charge in [-0.3, -0.25) is 0 Å². The molecule has 1 N–H and O–H groups in total. The Morgan fingerprint density at radius 1 is 0.833 bits per heavy atom. The second kappa shape index (κ2) is 9.13. The number of ether oxygens (including phenoxy) is 3. The zero-order valence-corrected chi connectivity index (χ0v) is 14.4. The molecule has 0 radical (unpaired) electrons. The molecule has 0 saturated carbocycles. The van der Waals surface area contributed by atoms with E-state index in [9.17, 15) is 4.39 Å². The van der Waals surface area contributed by atoms with Crippen molar-refractivity contribution >= 4 is 0 Å². The molecule has 130 valence electrons. The van der Waals surface area contributed by atoms with E-state index < -0.39 is 6.67 Å². The number of hydrogen-bond donors (Lipinski definition) is 1. The first-order valence-electron chi connectivity index (χ1n) is 7.85. The van der Waals surface area contributed by atoms with Crippen LogP contribution in [0.1, 0.15) is 16.7 Å². The van der Waals surface area contributed by atoms with Gasteiger partial charge in [-0.2, -0.15) is 0 Å². The maximum absolute atomic E-state index is 13.0. The third-order valence-electron chi connectivity index (χ3n) is 3.91. The maximum Gasteiger partial charge on any atom is 0.125 e. The number of hydrogen-bond acceptors (Lipinski definition) is 4. The van der Waals surface area contributed by atoms with Gasteiger partial charge in [0.25, 0.3) is 0 Å². The molecule has 0 saturated heterocycles. The smallest absolute Gasteiger partial charge is 0.125 e. The topological polar surface area (TPSA) is 39.7 Å². The van der Waals surface area contributed by atoms with Crippen molar-refractivity contribution in [3.63, 3.8) is 0 Å². The van der Waals surface area contributed by atoms with Crippen LogP contribution in [0.3, 0.4) is 0 Å². The van der Waals surface area contributed by atoms with Crippen LogP contribution < -0.4 is 19.5 Å². The SMILES string of the molecule is COc1cc(CCNCc2ccccc2OC)c(OC)cc1CF. The second-order valence-corrected chi connectivity index (χ2v) is 5.35. The van der Waals surface area contributed by atoms with Crippen LogP contribution in [0.4, 0.5) is 4.39 Å². The number of halogens is 1. The first-order valence-corrected chi connectivity index (χ1v) is 7.85. The molecule has 5 heteroatoms. The highest BCUT2D eigenvalue weighted by atomic mass is 19.1. The number of alkyl halides is 1. The van der Waals surface area contributed by atoms with E-state index in [1.54, 1.807) is 27.4 Å². The van der Waals surface area contributed by atoms with Gasteiger partial charge in [0.15, 0.2) is 0 Å². The Morgan fingerprint density at radius 2 is 1.46 bits per heavy atom. The number of rotatable bonds is 9. The third-order valence-corrected chi connectivity index (χ3v) is 3.91. The van der Waals surface area contributed by atoms with Gasteiger partial charge in [0.1, 0.15) is 23.9 Å². The molecule has 0 amide bonds. The zero-order chi connectivity index (χ0) is 17.4. The lowest BCUT2D eigenvalue weighted by Gasteiger charge is -2.14. The molecule has 24 heavy (non-hydrogen) atoms. The molecule has 0 spiro atoms. The maximum atomic E-state index is 13.0. The molecule has 2 aromatic carbocycles. The Morgan fingerprint density at radius 3 is 2.12 bits per heavy atom. The van der Waals surface area contributed by atoms with E-state index >= 15 is 0 Å². The van der Waals surface area contributed by atoms with E-state index in [-0.39, 0.29) is 0 Å². The lowest BCUT2D eigenvalue weighted by molar-refractivity contribution is 0.382. The van der Waals surface area contributed by atoms with E-state index in [4.69, 9.17) is 14.2 Å². The summed E-state index contributed by atoms with van der Waals surface area (Å²) < 4.78 is 29.0. The van der Waals surface area contributed by atoms with E-state index in [0.717, 1.165) is 29.8 Å². The van der Waals surface area contributed by atoms with Crippen molar-refractivity contribution in [2.45, 2.75) is 19.6 Å². The highest BCUT2D eigenvalue weighted by molar-refractivity contribution is 5.46. The van der Waals surface area contributed by atoms with Crippen LogP contribution in [-0.2, 0) is 19.6 Å². The predicted octanol–water partition coefficient (Wildman–Crippen LogP) is 3.51. The van der Waals surface area contributed by atoms with Crippen LogP contribution in [0.5, 0.6) is 17.2 Å². The summed E-state index contributed by atoms with van der Waals surface area (Å²) in [4.78, 5) is 0. The van der Waals surface area contributed by atoms with E-state index in [1.807, 2.05) is 30.3 Å². The van der Waals surface area contributed by atoms with Crippen molar-refractivity contribution in [3.05, 3.63) is 53.1 Å². The largest absolute Gasteiger partial charge is 0.496 e. The fourth-order valence-corrected chi connectivity index (χ4v) is 2.62. The molecular weight excluding hydrogens is 309 g/mol. The Balaban J connectivity index is 1.99. The number of nitrogens with one attached hydrogen (secondary N) is 1. The van der Waals surface area contributed by atoms with E-state index in [0.29, 0.717) is 23.6 Å². The van der Waals surface area contributed by atoms with Crippen molar-refractivity contribution in [1.82, 2.24) is 5.32 Å². The highest BCUT2D eigenvalue weighted by Gasteiger charge is 2.11. The minimum Gasteiger partial charge on any atom is -0.496 e. The van der Waals surface area contributed by atoms with Gasteiger partial charge in [0.2, 0.25) is 0 Å². The average molecular weight is 333 g/mol. The fraction of sp³-hybridized carbons (Fsp3) is 0.368. The molecule has 0 aliphatic carbocycles. The van der Waals surface area contributed by atoms with Gasteiger partial charge in [0, 0.05) is 17.7 Å². The van der Waals surface area contributed by atoms with Crippen LogP contribution in [0.2, 0.25) is 0 Å². The molecule has 0 aliphatic rings. The van der Waals surface area contributed by atoms with Gasteiger partial charge in [-0.1, -0.05) is 18.2 Å². The Bertz CT molecular complexity index is 661. The highest BCUT2D eigenvalue weighted by Crippen LogP contribution is 2.29. The summed E-state index contributed by atoms with van der Waals surface area (Å²) in [5, 5.41) is 3.39. The normalized spacial score (nSPS) is 10.5. The standard InChI is InChI=1S/C19H24FNO3/c1-22-17-7-5-4-6-15(17)13-21-9-8-14-10-19(24-3)16(12-20)11-18(14)23-2/h4-7,10-11,21H,8-9,12-13H2,1-3H3. The van der Waals surface area contributed by atoms with Crippen molar-refractivity contribution in [1.29, 1.82) is 0 Å². The van der Waals surface area contributed by atoms with Gasteiger partial charge in [-0.05, 0) is 36.7 Å². The fourth-order valence-electron chi connectivity index (χ4n) is 2.62. The van der Waals surface area contributed by atoms with Gasteiger partial charge >= 0.3 is 0 Å². The van der Waals surface area contributed by atoms with Crippen molar-refractivity contribution in [2.75, 3.05) is 27.9 Å². The quantitative estimate of drug-likeness (QED) is 0.713. The van der Waals surface area contributed by atoms with Gasteiger partial charge in [0.05, 0.1) is 21.3 Å². The summed E-state index contributed by atoms with van der Waals surface area (Å²) in [5.74, 6) is 2.11. The predicted molar refractivity (Wildman–Crippen MR) is 92.8 cm³/mol. The van der Waals surface area contributed by atoms with Gasteiger partial charge in [-0.25, -0.2) is 4.39 Å². The molecule has 0 unspecified atom stereocenters. The lowest BCUT2D eigenvalue weighted by atomic mass is 10.1. The molecule has 0 heterocycles.